The summed E-state index contributed by atoms with van der Waals surface area (Å²) < 4.78 is 26.9. The van der Waals surface area contributed by atoms with Crippen molar-refractivity contribution in [2.45, 2.75) is 32.1 Å². The summed E-state index contributed by atoms with van der Waals surface area (Å²) in [6.07, 6.45) is 2.61. The summed E-state index contributed by atoms with van der Waals surface area (Å²) in [6, 6.07) is 4.36. The molecule has 1 aromatic carbocycles. The number of carboxylic acids is 1. The lowest BCUT2D eigenvalue weighted by molar-refractivity contribution is 0.0695. The molecule has 1 heterocycles. The second kappa shape index (κ2) is 6.22. The molecule has 1 aromatic rings. The second-order valence-electron chi connectivity index (χ2n) is 5.77. The normalized spacial score (nSPS) is 19.8. The van der Waals surface area contributed by atoms with Crippen LogP contribution >= 0.6 is 0 Å². The predicted octanol–water partition coefficient (Wildman–Crippen LogP) is 2.53. The predicted molar refractivity (Wildman–Crippen MR) is 84.5 cm³/mol. The summed E-state index contributed by atoms with van der Waals surface area (Å²) in [6.45, 7) is 6.48. The van der Waals surface area contributed by atoms with Crippen molar-refractivity contribution >= 4 is 16.0 Å². The van der Waals surface area contributed by atoms with Gasteiger partial charge in [-0.3, -0.25) is 0 Å². The molecule has 1 aliphatic rings. The number of carbonyl (C=O) groups is 1. The molecule has 0 saturated heterocycles. The molecule has 2 rings (SSSR count). The SMILES string of the molecule is CCc1ccc(S(=O)(=O)N2CC(C)=CC(C)C2)cc1C(=O)O. The highest BCUT2D eigenvalue weighted by Crippen LogP contribution is 2.25. The Morgan fingerprint density at radius 3 is 2.64 bits per heavy atom. The molecule has 22 heavy (non-hydrogen) atoms. The third kappa shape index (κ3) is 3.23. The van der Waals surface area contributed by atoms with Crippen LogP contribution in [0, 0.1) is 5.92 Å². The number of aromatic carboxylic acids is 1. The fourth-order valence-electron chi connectivity index (χ4n) is 2.81. The fraction of sp³-hybridized carbons (Fsp3) is 0.438. The van der Waals surface area contributed by atoms with Gasteiger partial charge in [0.25, 0.3) is 0 Å². The number of nitrogens with zero attached hydrogens (tertiary/aromatic N) is 1. The van der Waals surface area contributed by atoms with Gasteiger partial charge in [-0.1, -0.05) is 31.6 Å². The molecule has 0 aliphatic carbocycles. The zero-order chi connectivity index (χ0) is 16.5. The number of aryl methyl sites for hydroxylation is 1. The number of carboxylic acid groups (broad SMARTS) is 1. The summed E-state index contributed by atoms with van der Waals surface area (Å²) in [5.74, 6) is -0.950. The monoisotopic (exact) mass is 323 g/mol. The molecule has 0 aromatic heterocycles. The van der Waals surface area contributed by atoms with E-state index in [1.165, 1.54) is 16.4 Å². The van der Waals surface area contributed by atoms with Crippen LogP contribution in [-0.2, 0) is 16.4 Å². The van der Waals surface area contributed by atoms with Crippen LogP contribution in [-0.4, -0.2) is 36.9 Å². The van der Waals surface area contributed by atoms with E-state index in [-0.39, 0.29) is 16.4 Å². The largest absolute Gasteiger partial charge is 0.478 e. The maximum absolute atomic E-state index is 12.8. The minimum absolute atomic E-state index is 0.0454. The maximum Gasteiger partial charge on any atom is 0.336 e. The molecule has 1 atom stereocenters. The Hall–Kier alpha value is -1.66. The van der Waals surface area contributed by atoms with Crippen LogP contribution in [0.1, 0.15) is 36.7 Å². The van der Waals surface area contributed by atoms with Crippen molar-refractivity contribution < 1.29 is 18.3 Å². The summed E-state index contributed by atoms with van der Waals surface area (Å²) in [7, 11) is -3.68. The Kier molecular flexibility index (Phi) is 4.72. The molecule has 120 valence electrons. The van der Waals surface area contributed by atoms with E-state index in [9.17, 15) is 18.3 Å². The van der Waals surface area contributed by atoms with Gasteiger partial charge in [0.1, 0.15) is 0 Å². The van der Waals surface area contributed by atoms with Gasteiger partial charge >= 0.3 is 5.97 Å². The number of benzene rings is 1. The first kappa shape index (κ1) is 16.7. The molecule has 6 heteroatoms. The van der Waals surface area contributed by atoms with Crippen molar-refractivity contribution in [3.63, 3.8) is 0 Å². The first-order valence-electron chi connectivity index (χ1n) is 7.29. The Bertz CT molecular complexity index is 722. The van der Waals surface area contributed by atoms with E-state index in [0.29, 0.717) is 25.1 Å². The molecule has 0 bridgehead atoms. The van der Waals surface area contributed by atoms with Crippen LogP contribution < -0.4 is 0 Å². The van der Waals surface area contributed by atoms with E-state index in [1.807, 2.05) is 20.8 Å². The summed E-state index contributed by atoms with van der Waals surface area (Å²) in [4.78, 5) is 11.4. The molecule has 0 radical (unpaired) electrons. The lowest BCUT2D eigenvalue weighted by atomic mass is 10.1. The molecule has 5 nitrogen and oxygen atoms in total. The van der Waals surface area contributed by atoms with Crippen LogP contribution in [0.4, 0.5) is 0 Å². The second-order valence-corrected chi connectivity index (χ2v) is 7.70. The van der Waals surface area contributed by atoms with E-state index in [0.717, 1.165) is 5.57 Å². The van der Waals surface area contributed by atoms with Crippen molar-refractivity contribution in [1.82, 2.24) is 4.31 Å². The molecular formula is C16H21NO4S. The molecule has 0 spiro atoms. The van der Waals surface area contributed by atoms with E-state index in [1.54, 1.807) is 6.07 Å². The third-order valence-electron chi connectivity index (χ3n) is 3.82. The van der Waals surface area contributed by atoms with Gasteiger partial charge in [-0.2, -0.15) is 4.31 Å². The van der Waals surface area contributed by atoms with Gasteiger partial charge in [-0.05, 0) is 37.0 Å². The first-order chi connectivity index (χ1) is 10.3. The Labute approximate surface area is 131 Å². The average molecular weight is 323 g/mol. The first-order valence-corrected chi connectivity index (χ1v) is 8.73. The number of hydrogen-bond donors (Lipinski definition) is 1. The average Bonchev–Trinajstić information content (AvgIpc) is 2.45. The fourth-order valence-corrected chi connectivity index (χ4v) is 4.42. The summed E-state index contributed by atoms with van der Waals surface area (Å²) in [5.41, 5.74) is 1.70. The van der Waals surface area contributed by atoms with Crippen LogP contribution in [0.15, 0.2) is 34.7 Å². The molecule has 0 amide bonds. The number of rotatable bonds is 4. The van der Waals surface area contributed by atoms with Crippen molar-refractivity contribution in [3.8, 4) is 0 Å². The summed E-state index contributed by atoms with van der Waals surface area (Å²) >= 11 is 0. The van der Waals surface area contributed by atoms with Gasteiger partial charge < -0.3 is 5.11 Å². The molecule has 0 fully saturated rings. The smallest absolute Gasteiger partial charge is 0.336 e. The Morgan fingerprint density at radius 2 is 2.09 bits per heavy atom. The molecule has 1 N–H and O–H groups in total. The number of sulfonamides is 1. The van der Waals surface area contributed by atoms with Gasteiger partial charge in [0.2, 0.25) is 10.0 Å². The highest BCUT2D eigenvalue weighted by Gasteiger charge is 2.29. The van der Waals surface area contributed by atoms with Gasteiger partial charge in [0.15, 0.2) is 0 Å². The van der Waals surface area contributed by atoms with E-state index in [4.69, 9.17) is 0 Å². The maximum atomic E-state index is 12.8. The zero-order valence-corrected chi connectivity index (χ0v) is 13.9. The van der Waals surface area contributed by atoms with Gasteiger partial charge in [-0.25, -0.2) is 13.2 Å². The van der Waals surface area contributed by atoms with E-state index < -0.39 is 16.0 Å². The van der Waals surface area contributed by atoms with Gasteiger partial charge in [0.05, 0.1) is 10.5 Å². The Morgan fingerprint density at radius 1 is 1.41 bits per heavy atom. The van der Waals surface area contributed by atoms with E-state index >= 15 is 0 Å². The molecule has 1 unspecified atom stereocenters. The van der Waals surface area contributed by atoms with Crippen molar-refractivity contribution in [2.24, 2.45) is 5.92 Å². The lowest BCUT2D eigenvalue weighted by Gasteiger charge is -2.29. The van der Waals surface area contributed by atoms with Gasteiger partial charge in [0, 0.05) is 13.1 Å². The van der Waals surface area contributed by atoms with Crippen LogP contribution in [0.3, 0.4) is 0 Å². The number of hydrogen-bond acceptors (Lipinski definition) is 3. The van der Waals surface area contributed by atoms with Crippen molar-refractivity contribution in [1.29, 1.82) is 0 Å². The standard InChI is InChI=1S/C16H21NO4S/c1-4-13-5-6-14(8-15(13)16(18)19)22(20,21)17-9-11(2)7-12(3)10-17/h5-8,11H,4,9-10H2,1-3H3,(H,18,19). The zero-order valence-electron chi connectivity index (χ0n) is 13.0. The summed E-state index contributed by atoms with van der Waals surface area (Å²) in [5, 5.41) is 9.26. The molecule has 1 aliphatic heterocycles. The minimum Gasteiger partial charge on any atom is -0.478 e. The Balaban J connectivity index is 2.44. The molecule has 0 saturated carbocycles. The van der Waals surface area contributed by atoms with Gasteiger partial charge in [-0.15, -0.1) is 0 Å². The van der Waals surface area contributed by atoms with Crippen LogP contribution in [0.5, 0.6) is 0 Å². The topological polar surface area (TPSA) is 74.7 Å². The van der Waals surface area contributed by atoms with Crippen molar-refractivity contribution in [2.75, 3.05) is 13.1 Å². The van der Waals surface area contributed by atoms with Crippen molar-refractivity contribution in [3.05, 3.63) is 41.0 Å². The van der Waals surface area contributed by atoms with Crippen LogP contribution in [0.2, 0.25) is 0 Å². The highest BCUT2D eigenvalue weighted by molar-refractivity contribution is 7.89. The molecular weight excluding hydrogens is 302 g/mol. The highest BCUT2D eigenvalue weighted by atomic mass is 32.2. The quantitative estimate of drug-likeness (QED) is 0.864. The van der Waals surface area contributed by atoms with Crippen LogP contribution in [0.25, 0.3) is 0 Å². The van der Waals surface area contributed by atoms with E-state index in [2.05, 4.69) is 6.08 Å². The lowest BCUT2D eigenvalue weighted by Crippen LogP contribution is -2.38. The minimum atomic E-state index is -3.68. The third-order valence-corrected chi connectivity index (χ3v) is 5.62.